The van der Waals surface area contributed by atoms with E-state index in [9.17, 15) is 18.0 Å². The van der Waals surface area contributed by atoms with Crippen molar-refractivity contribution in [2.45, 2.75) is 12.6 Å². The van der Waals surface area contributed by atoms with E-state index in [1.165, 1.54) is 12.1 Å². The van der Waals surface area contributed by atoms with Crippen molar-refractivity contribution in [3.8, 4) is 0 Å². The summed E-state index contributed by atoms with van der Waals surface area (Å²) in [5.74, 6) is -0.711. The van der Waals surface area contributed by atoms with E-state index in [0.717, 1.165) is 25.1 Å². The standard InChI is InChI=1S/C16H20F3N5O.2ClH/c1-24(2)8-4-7-21-15(20)23-14(25)13-9-10-11(16(17,18)19)5-3-6-12(10)22-13;;/h3,5-6,9,22H,4,7-8H2,1-2H3,(H3,20,21,23,25);2*1H. The Morgan fingerprint density at radius 1 is 1.30 bits per heavy atom. The first-order valence-electron chi connectivity index (χ1n) is 7.63. The molecule has 0 aliphatic heterocycles. The molecule has 1 aromatic carbocycles. The van der Waals surface area contributed by atoms with E-state index in [1.807, 2.05) is 19.0 Å². The highest BCUT2D eigenvalue weighted by Gasteiger charge is 2.33. The molecule has 152 valence electrons. The smallest absolute Gasteiger partial charge is 0.370 e. The first kappa shape index (κ1) is 25.0. The number of H-pyrrole nitrogens is 1. The number of carbonyl (C=O) groups excluding carboxylic acids is 1. The molecule has 1 heterocycles. The third kappa shape index (κ3) is 6.93. The van der Waals surface area contributed by atoms with Crippen molar-refractivity contribution in [3.63, 3.8) is 0 Å². The lowest BCUT2D eigenvalue weighted by molar-refractivity contribution is -0.136. The maximum Gasteiger partial charge on any atom is 0.417 e. The van der Waals surface area contributed by atoms with Gasteiger partial charge in [-0.05, 0) is 45.3 Å². The van der Waals surface area contributed by atoms with Gasteiger partial charge in [-0.3, -0.25) is 15.1 Å². The molecule has 0 fully saturated rings. The number of carbonyl (C=O) groups is 1. The third-order valence-electron chi connectivity index (χ3n) is 3.50. The van der Waals surface area contributed by atoms with Gasteiger partial charge in [-0.2, -0.15) is 13.2 Å². The van der Waals surface area contributed by atoms with E-state index in [1.54, 1.807) is 0 Å². The maximum atomic E-state index is 13.0. The molecular formula is C16H22Cl2F3N5O. The monoisotopic (exact) mass is 427 g/mol. The van der Waals surface area contributed by atoms with E-state index in [0.29, 0.717) is 6.54 Å². The minimum atomic E-state index is -4.50. The Bertz CT molecular complexity index is 790. The number of halogens is 5. The number of nitrogens with zero attached hydrogens (tertiary/aromatic N) is 2. The number of benzene rings is 1. The van der Waals surface area contributed by atoms with Gasteiger partial charge >= 0.3 is 6.18 Å². The SMILES string of the molecule is CN(C)CCCN=C(N)NC(=O)c1cc2c(C(F)(F)F)cccc2[nH]1.Cl.Cl. The van der Waals surface area contributed by atoms with Gasteiger partial charge in [-0.1, -0.05) is 6.07 Å². The van der Waals surface area contributed by atoms with Crippen molar-refractivity contribution in [2.75, 3.05) is 27.2 Å². The molecule has 11 heteroatoms. The number of nitrogens with two attached hydrogens (primary N) is 1. The average molecular weight is 428 g/mol. The second-order valence-corrected chi connectivity index (χ2v) is 5.83. The van der Waals surface area contributed by atoms with Gasteiger partial charge in [0.05, 0.1) is 5.56 Å². The van der Waals surface area contributed by atoms with Crippen LogP contribution in [0.3, 0.4) is 0 Å². The maximum absolute atomic E-state index is 13.0. The highest BCUT2D eigenvalue weighted by Crippen LogP contribution is 2.34. The zero-order valence-corrected chi connectivity index (χ0v) is 16.4. The summed E-state index contributed by atoms with van der Waals surface area (Å²) < 4.78 is 39.0. The first-order valence-corrected chi connectivity index (χ1v) is 7.63. The zero-order valence-electron chi connectivity index (χ0n) is 14.8. The topological polar surface area (TPSA) is 86.5 Å². The predicted octanol–water partition coefficient (Wildman–Crippen LogP) is 3.03. The van der Waals surface area contributed by atoms with Crippen LogP contribution in [0.4, 0.5) is 13.2 Å². The van der Waals surface area contributed by atoms with Gasteiger partial charge in [0.1, 0.15) is 5.69 Å². The highest BCUT2D eigenvalue weighted by atomic mass is 35.5. The Morgan fingerprint density at radius 3 is 2.56 bits per heavy atom. The Kier molecular flexibility index (Phi) is 9.63. The molecule has 0 bridgehead atoms. The number of hydrogen-bond acceptors (Lipinski definition) is 3. The number of amides is 1. The second kappa shape index (κ2) is 10.4. The van der Waals surface area contributed by atoms with Crippen LogP contribution >= 0.6 is 24.8 Å². The summed E-state index contributed by atoms with van der Waals surface area (Å²) in [6, 6.07) is 4.88. The van der Waals surface area contributed by atoms with E-state index >= 15 is 0 Å². The third-order valence-corrected chi connectivity index (χ3v) is 3.50. The molecule has 0 aliphatic carbocycles. The highest BCUT2D eigenvalue weighted by molar-refractivity contribution is 6.06. The van der Waals surface area contributed by atoms with Crippen molar-refractivity contribution < 1.29 is 18.0 Å². The summed E-state index contributed by atoms with van der Waals surface area (Å²) in [6.07, 6.45) is -3.73. The summed E-state index contributed by atoms with van der Waals surface area (Å²) >= 11 is 0. The van der Waals surface area contributed by atoms with Crippen molar-refractivity contribution in [3.05, 3.63) is 35.5 Å². The van der Waals surface area contributed by atoms with Crippen LogP contribution in [0, 0.1) is 0 Å². The summed E-state index contributed by atoms with van der Waals surface area (Å²) in [4.78, 5) is 20.8. The Labute approximate surface area is 167 Å². The average Bonchev–Trinajstić information content (AvgIpc) is 2.94. The number of fused-ring (bicyclic) bond motifs is 1. The Hall–Kier alpha value is -1.97. The van der Waals surface area contributed by atoms with Crippen LogP contribution in [0.5, 0.6) is 0 Å². The van der Waals surface area contributed by atoms with E-state index in [-0.39, 0.29) is 47.4 Å². The van der Waals surface area contributed by atoms with Crippen molar-refractivity contribution in [1.82, 2.24) is 15.2 Å². The largest absolute Gasteiger partial charge is 0.417 e. The number of nitrogens with one attached hydrogen (secondary N) is 2. The Balaban J connectivity index is 0.00000338. The van der Waals surface area contributed by atoms with Gasteiger partial charge in [0, 0.05) is 17.4 Å². The van der Waals surface area contributed by atoms with E-state index < -0.39 is 17.6 Å². The minimum absolute atomic E-state index is 0. The molecule has 0 atom stereocenters. The van der Waals surface area contributed by atoms with Crippen LogP contribution in [0.25, 0.3) is 10.9 Å². The van der Waals surface area contributed by atoms with Crippen LogP contribution in [0.2, 0.25) is 0 Å². The summed E-state index contributed by atoms with van der Waals surface area (Å²) in [5.41, 5.74) is 5.04. The zero-order chi connectivity index (χ0) is 18.6. The second-order valence-electron chi connectivity index (χ2n) is 5.83. The van der Waals surface area contributed by atoms with Gasteiger partial charge in [0.15, 0.2) is 5.96 Å². The molecule has 0 saturated carbocycles. The quantitative estimate of drug-likeness (QED) is 0.389. The van der Waals surface area contributed by atoms with Crippen LogP contribution in [0.15, 0.2) is 29.3 Å². The molecule has 0 unspecified atom stereocenters. The molecule has 2 aromatic rings. The van der Waals surface area contributed by atoms with E-state index in [2.05, 4.69) is 15.3 Å². The van der Waals surface area contributed by atoms with Crippen molar-refractivity contribution >= 4 is 47.6 Å². The first-order chi connectivity index (χ1) is 11.7. The van der Waals surface area contributed by atoms with Gasteiger partial charge in [-0.25, -0.2) is 0 Å². The molecule has 4 N–H and O–H groups in total. The molecule has 6 nitrogen and oxygen atoms in total. The number of guanidine groups is 1. The number of rotatable bonds is 5. The van der Waals surface area contributed by atoms with E-state index in [4.69, 9.17) is 5.73 Å². The summed E-state index contributed by atoms with van der Waals surface area (Å²) in [7, 11) is 3.86. The predicted molar refractivity (Wildman–Crippen MR) is 105 cm³/mol. The number of alkyl halides is 3. The number of aromatic nitrogens is 1. The van der Waals surface area contributed by atoms with Crippen molar-refractivity contribution in [1.29, 1.82) is 0 Å². The van der Waals surface area contributed by atoms with Gasteiger partial charge in [0.25, 0.3) is 5.91 Å². The number of hydrogen-bond donors (Lipinski definition) is 3. The van der Waals surface area contributed by atoms with Crippen LogP contribution in [0.1, 0.15) is 22.5 Å². The van der Waals surface area contributed by atoms with Gasteiger partial charge < -0.3 is 15.6 Å². The van der Waals surface area contributed by atoms with Crippen LogP contribution in [-0.2, 0) is 6.18 Å². The molecule has 2 rings (SSSR count). The van der Waals surface area contributed by atoms with Gasteiger partial charge in [0.2, 0.25) is 0 Å². The minimum Gasteiger partial charge on any atom is -0.370 e. The molecule has 0 saturated heterocycles. The molecular weight excluding hydrogens is 406 g/mol. The lowest BCUT2D eigenvalue weighted by atomic mass is 10.1. The van der Waals surface area contributed by atoms with Crippen LogP contribution < -0.4 is 11.1 Å². The number of aliphatic imine (C=N–C) groups is 1. The summed E-state index contributed by atoms with van der Waals surface area (Å²) in [5, 5.41) is 2.30. The fraction of sp³-hybridized carbons (Fsp3) is 0.375. The number of aromatic amines is 1. The lowest BCUT2D eigenvalue weighted by Gasteiger charge is -2.07. The van der Waals surface area contributed by atoms with Gasteiger partial charge in [-0.15, -0.1) is 24.8 Å². The Morgan fingerprint density at radius 2 is 1.96 bits per heavy atom. The normalized spacial score (nSPS) is 11.9. The molecule has 0 spiro atoms. The molecule has 0 aliphatic rings. The van der Waals surface area contributed by atoms with Crippen molar-refractivity contribution in [2.24, 2.45) is 10.7 Å². The fourth-order valence-corrected chi connectivity index (χ4v) is 2.33. The molecule has 27 heavy (non-hydrogen) atoms. The summed E-state index contributed by atoms with van der Waals surface area (Å²) in [6.45, 7) is 1.27. The lowest BCUT2D eigenvalue weighted by Crippen LogP contribution is -2.37. The molecule has 1 aromatic heterocycles. The molecule has 1 amide bonds. The molecule has 0 radical (unpaired) electrons. The fourth-order valence-electron chi connectivity index (χ4n) is 2.33. The van der Waals surface area contributed by atoms with Crippen LogP contribution in [-0.4, -0.2) is 48.9 Å².